The lowest BCUT2D eigenvalue weighted by Crippen LogP contribution is -2.04. The van der Waals surface area contributed by atoms with Crippen LogP contribution in [0.2, 0.25) is 0 Å². The Kier molecular flexibility index (Phi) is 5.30. The van der Waals surface area contributed by atoms with Crippen molar-refractivity contribution in [3.05, 3.63) is 17.8 Å². The van der Waals surface area contributed by atoms with Crippen LogP contribution < -0.4 is 5.32 Å². The van der Waals surface area contributed by atoms with E-state index in [1.807, 2.05) is 19.1 Å². The number of hydrogen-bond acceptors (Lipinski definition) is 3. The first-order chi connectivity index (χ1) is 6.83. The smallest absolute Gasteiger partial charge is 0.148 e. The zero-order valence-electron chi connectivity index (χ0n) is 8.46. The highest BCUT2D eigenvalue weighted by atomic mass is 35.5. The van der Waals surface area contributed by atoms with Gasteiger partial charge in [0.25, 0.3) is 0 Å². The third kappa shape index (κ3) is 4.42. The van der Waals surface area contributed by atoms with Crippen molar-refractivity contribution in [2.24, 2.45) is 0 Å². The van der Waals surface area contributed by atoms with Crippen LogP contribution in [0.3, 0.4) is 0 Å². The van der Waals surface area contributed by atoms with Crippen LogP contribution in [0, 0.1) is 6.92 Å². The molecule has 0 aliphatic carbocycles. The van der Waals surface area contributed by atoms with E-state index in [1.54, 1.807) is 0 Å². The molecule has 14 heavy (non-hydrogen) atoms. The van der Waals surface area contributed by atoms with Crippen molar-refractivity contribution in [1.29, 1.82) is 0 Å². The van der Waals surface area contributed by atoms with E-state index in [2.05, 4.69) is 15.5 Å². The molecule has 0 saturated heterocycles. The van der Waals surface area contributed by atoms with E-state index >= 15 is 0 Å². The van der Waals surface area contributed by atoms with E-state index in [9.17, 15) is 0 Å². The minimum absolute atomic E-state index is 0.754. The monoisotopic (exact) mass is 213 g/mol. The summed E-state index contributed by atoms with van der Waals surface area (Å²) in [5.74, 6) is 1.60. The number of unbranched alkanes of at least 4 members (excludes halogenated alkanes) is 2. The van der Waals surface area contributed by atoms with Gasteiger partial charge in [0.05, 0.1) is 5.69 Å². The van der Waals surface area contributed by atoms with Gasteiger partial charge in [-0.3, -0.25) is 0 Å². The van der Waals surface area contributed by atoms with Crippen LogP contribution in [-0.2, 0) is 0 Å². The largest absolute Gasteiger partial charge is 0.369 e. The number of alkyl halides is 1. The fraction of sp³-hybridized carbons (Fsp3) is 0.600. The van der Waals surface area contributed by atoms with Crippen LogP contribution in [-0.4, -0.2) is 22.6 Å². The van der Waals surface area contributed by atoms with Gasteiger partial charge in [-0.05, 0) is 31.9 Å². The second-order valence-corrected chi connectivity index (χ2v) is 3.61. The number of anilines is 1. The van der Waals surface area contributed by atoms with Crippen molar-refractivity contribution in [2.45, 2.75) is 26.2 Å². The van der Waals surface area contributed by atoms with Gasteiger partial charge in [-0.1, -0.05) is 6.42 Å². The molecule has 1 heterocycles. The Bertz CT molecular complexity index is 248. The summed E-state index contributed by atoms with van der Waals surface area (Å²) in [6, 6.07) is 3.90. The molecule has 3 nitrogen and oxygen atoms in total. The molecule has 0 aromatic carbocycles. The number of halogens is 1. The second kappa shape index (κ2) is 6.60. The van der Waals surface area contributed by atoms with Crippen LogP contribution in [0.25, 0.3) is 0 Å². The molecule has 1 N–H and O–H groups in total. The van der Waals surface area contributed by atoms with Crippen molar-refractivity contribution >= 4 is 17.4 Å². The molecule has 0 spiro atoms. The average Bonchev–Trinajstić information content (AvgIpc) is 2.21. The van der Waals surface area contributed by atoms with Gasteiger partial charge in [0, 0.05) is 12.4 Å². The minimum atomic E-state index is 0.754. The molecular formula is C10H16ClN3. The lowest BCUT2D eigenvalue weighted by molar-refractivity contribution is 0.744. The van der Waals surface area contributed by atoms with E-state index < -0.39 is 0 Å². The van der Waals surface area contributed by atoms with Gasteiger partial charge < -0.3 is 5.32 Å². The van der Waals surface area contributed by atoms with Gasteiger partial charge in [-0.15, -0.1) is 16.7 Å². The maximum atomic E-state index is 5.57. The zero-order valence-corrected chi connectivity index (χ0v) is 9.22. The van der Waals surface area contributed by atoms with Crippen LogP contribution in [0.5, 0.6) is 0 Å². The van der Waals surface area contributed by atoms with Gasteiger partial charge in [0.1, 0.15) is 5.82 Å². The number of nitrogens with zero attached hydrogens (tertiary/aromatic N) is 2. The summed E-state index contributed by atoms with van der Waals surface area (Å²) in [6.45, 7) is 2.87. The van der Waals surface area contributed by atoms with Gasteiger partial charge >= 0.3 is 0 Å². The molecule has 0 unspecified atom stereocenters. The third-order valence-corrected chi connectivity index (χ3v) is 2.18. The molecule has 1 rings (SSSR count). The summed E-state index contributed by atoms with van der Waals surface area (Å²) < 4.78 is 0. The standard InChI is InChI=1S/C10H16ClN3/c1-9-5-6-10(14-13-9)12-8-4-2-3-7-11/h5-6H,2-4,7-8H2,1H3,(H,12,14). The van der Waals surface area contributed by atoms with Gasteiger partial charge in [-0.25, -0.2) is 0 Å². The van der Waals surface area contributed by atoms with E-state index in [-0.39, 0.29) is 0 Å². The predicted octanol–water partition coefficient (Wildman–Crippen LogP) is 2.61. The summed E-state index contributed by atoms with van der Waals surface area (Å²) in [7, 11) is 0. The Morgan fingerprint density at radius 1 is 1.21 bits per heavy atom. The molecular weight excluding hydrogens is 198 g/mol. The molecule has 1 aromatic heterocycles. The van der Waals surface area contributed by atoms with Crippen LogP contribution >= 0.6 is 11.6 Å². The number of rotatable bonds is 6. The number of hydrogen-bond donors (Lipinski definition) is 1. The fourth-order valence-corrected chi connectivity index (χ4v) is 1.29. The van der Waals surface area contributed by atoms with Crippen molar-refractivity contribution in [3.63, 3.8) is 0 Å². The summed E-state index contributed by atoms with van der Waals surface area (Å²) in [5.41, 5.74) is 0.942. The SMILES string of the molecule is Cc1ccc(NCCCCCCl)nn1. The second-order valence-electron chi connectivity index (χ2n) is 3.24. The predicted molar refractivity (Wildman–Crippen MR) is 59.8 cm³/mol. The molecule has 1 aromatic rings. The number of aromatic nitrogens is 2. The van der Waals surface area contributed by atoms with Crippen molar-refractivity contribution in [2.75, 3.05) is 17.7 Å². The van der Waals surface area contributed by atoms with E-state index in [0.717, 1.165) is 43.2 Å². The number of nitrogens with one attached hydrogen (secondary N) is 1. The first-order valence-electron chi connectivity index (χ1n) is 4.93. The van der Waals surface area contributed by atoms with Crippen LogP contribution in [0.1, 0.15) is 25.0 Å². The van der Waals surface area contributed by atoms with Gasteiger partial charge in [-0.2, -0.15) is 5.10 Å². The Morgan fingerprint density at radius 2 is 2.07 bits per heavy atom. The summed E-state index contributed by atoms with van der Waals surface area (Å²) in [4.78, 5) is 0. The Hall–Kier alpha value is -0.830. The van der Waals surface area contributed by atoms with Crippen LogP contribution in [0.4, 0.5) is 5.82 Å². The van der Waals surface area contributed by atoms with Gasteiger partial charge in [0.2, 0.25) is 0 Å². The molecule has 78 valence electrons. The van der Waals surface area contributed by atoms with Crippen LogP contribution in [0.15, 0.2) is 12.1 Å². The van der Waals surface area contributed by atoms with E-state index in [4.69, 9.17) is 11.6 Å². The molecule has 0 amide bonds. The Balaban J connectivity index is 2.15. The normalized spacial score (nSPS) is 10.1. The highest BCUT2D eigenvalue weighted by Gasteiger charge is 1.93. The molecule has 0 aliphatic rings. The first-order valence-corrected chi connectivity index (χ1v) is 5.46. The van der Waals surface area contributed by atoms with E-state index in [0.29, 0.717) is 0 Å². The molecule has 0 fully saturated rings. The summed E-state index contributed by atoms with van der Waals surface area (Å²) in [5, 5.41) is 11.2. The third-order valence-electron chi connectivity index (χ3n) is 1.91. The first kappa shape index (κ1) is 11.2. The maximum absolute atomic E-state index is 5.57. The fourth-order valence-electron chi connectivity index (χ4n) is 1.11. The molecule has 4 heteroatoms. The van der Waals surface area contributed by atoms with Crippen molar-refractivity contribution < 1.29 is 0 Å². The highest BCUT2D eigenvalue weighted by molar-refractivity contribution is 6.17. The Morgan fingerprint density at radius 3 is 2.71 bits per heavy atom. The highest BCUT2D eigenvalue weighted by Crippen LogP contribution is 2.02. The minimum Gasteiger partial charge on any atom is -0.369 e. The summed E-state index contributed by atoms with van der Waals surface area (Å²) >= 11 is 5.57. The molecule has 0 saturated carbocycles. The van der Waals surface area contributed by atoms with E-state index in [1.165, 1.54) is 0 Å². The molecule has 0 atom stereocenters. The van der Waals surface area contributed by atoms with Gasteiger partial charge in [0.15, 0.2) is 0 Å². The quantitative estimate of drug-likeness (QED) is 0.583. The number of aryl methyl sites for hydroxylation is 1. The average molecular weight is 214 g/mol. The zero-order chi connectivity index (χ0) is 10.2. The van der Waals surface area contributed by atoms with Crippen molar-refractivity contribution in [3.8, 4) is 0 Å². The lowest BCUT2D eigenvalue weighted by Gasteiger charge is -2.03. The molecule has 0 radical (unpaired) electrons. The Labute approximate surface area is 89.9 Å². The lowest BCUT2D eigenvalue weighted by atomic mass is 10.2. The molecule has 0 bridgehead atoms. The maximum Gasteiger partial charge on any atom is 0.148 e. The summed E-state index contributed by atoms with van der Waals surface area (Å²) in [6.07, 6.45) is 3.38. The van der Waals surface area contributed by atoms with Crippen molar-refractivity contribution in [1.82, 2.24) is 10.2 Å². The molecule has 0 aliphatic heterocycles. The topological polar surface area (TPSA) is 37.8 Å².